The number of aromatic amines is 1. The van der Waals surface area contributed by atoms with Crippen molar-refractivity contribution >= 4 is 16.7 Å². The van der Waals surface area contributed by atoms with Gasteiger partial charge >= 0.3 is 0 Å². The minimum absolute atomic E-state index is 0.0385. The number of nitrogens with one attached hydrogen (secondary N) is 1. The fourth-order valence-corrected chi connectivity index (χ4v) is 3.08. The van der Waals surface area contributed by atoms with E-state index in [2.05, 4.69) is 35.1 Å². The Balaban J connectivity index is 2.16. The molecule has 3 aromatic rings. The van der Waals surface area contributed by atoms with E-state index in [9.17, 15) is 4.79 Å². The highest BCUT2D eigenvalue weighted by Gasteiger charge is 2.21. The van der Waals surface area contributed by atoms with E-state index in [1.807, 2.05) is 18.2 Å². The maximum Gasteiger partial charge on any atom is 0.256 e. The van der Waals surface area contributed by atoms with Crippen LogP contribution in [0.25, 0.3) is 10.8 Å². The summed E-state index contributed by atoms with van der Waals surface area (Å²) in [7, 11) is 3.00. The molecule has 130 valence electrons. The zero-order valence-electron chi connectivity index (χ0n) is 14.5. The van der Waals surface area contributed by atoms with Gasteiger partial charge in [0.25, 0.3) is 5.56 Å². The topological polar surface area (TPSA) is 90.2 Å². The molecule has 1 aromatic heterocycles. The summed E-state index contributed by atoms with van der Waals surface area (Å²) in [4.78, 5) is 19.3. The van der Waals surface area contributed by atoms with E-state index in [1.54, 1.807) is 0 Å². The highest BCUT2D eigenvalue weighted by Crippen LogP contribution is 2.26. The second-order valence-electron chi connectivity index (χ2n) is 5.88. The lowest BCUT2D eigenvalue weighted by Crippen LogP contribution is -2.23. The number of H-pyrrole nitrogens is 1. The average Bonchev–Trinajstić information content (AvgIpc) is 2.61. The summed E-state index contributed by atoms with van der Waals surface area (Å²) < 4.78 is 10.6. The maximum atomic E-state index is 12.5. The molecule has 3 rings (SSSR count). The number of rotatable bonds is 5. The first-order valence-electron chi connectivity index (χ1n) is 7.96. The molecular weight excluding hydrogens is 318 g/mol. The second kappa shape index (κ2) is 7.04. The van der Waals surface area contributed by atoms with Crippen LogP contribution in [-0.4, -0.2) is 24.2 Å². The van der Waals surface area contributed by atoms with Crippen molar-refractivity contribution in [2.45, 2.75) is 19.6 Å². The zero-order valence-corrected chi connectivity index (χ0v) is 14.5. The number of fused-ring (bicyclic) bond motifs is 1. The highest BCUT2D eigenvalue weighted by atomic mass is 16.7. The molecule has 2 aromatic carbocycles. The smallest absolute Gasteiger partial charge is 0.256 e. The summed E-state index contributed by atoms with van der Waals surface area (Å²) in [5.41, 5.74) is 8.52. The Morgan fingerprint density at radius 3 is 2.48 bits per heavy atom. The molecule has 0 atom stereocenters. The van der Waals surface area contributed by atoms with Crippen molar-refractivity contribution < 1.29 is 9.47 Å². The van der Waals surface area contributed by atoms with Gasteiger partial charge in [-0.25, -0.2) is 4.98 Å². The molecule has 6 heteroatoms. The zero-order chi connectivity index (χ0) is 18.0. The van der Waals surface area contributed by atoms with Gasteiger partial charge in [0, 0.05) is 26.2 Å². The fourth-order valence-electron chi connectivity index (χ4n) is 3.08. The molecule has 0 radical (unpaired) electrons. The van der Waals surface area contributed by atoms with Gasteiger partial charge in [0.05, 0.1) is 0 Å². The van der Waals surface area contributed by atoms with Crippen molar-refractivity contribution in [3.63, 3.8) is 0 Å². The third kappa shape index (κ3) is 3.26. The molecule has 0 fully saturated rings. The van der Waals surface area contributed by atoms with Crippen LogP contribution in [0.15, 0.2) is 41.2 Å². The molecule has 0 saturated heterocycles. The van der Waals surface area contributed by atoms with E-state index in [-0.39, 0.29) is 11.5 Å². The maximum absolute atomic E-state index is 12.5. The summed E-state index contributed by atoms with van der Waals surface area (Å²) in [6.07, 6.45) is -0.349. The van der Waals surface area contributed by atoms with Crippen LogP contribution in [0.4, 0.5) is 5.95 Å². The van der Waals surface area contributed by atoms with Gasteiger partial charge in [-0.15, -0.1) is 0 Å². The molecule has 0 saturated carbocycles. The van der Waals surface area contributed by atoms with Crippen LogP contribution in [0.1, 0.15) is 28.7 Å². The van der Waals surface area contributed by atoms with E-state index in [0.717, 1.165) is 16.3 Å². The summed E-state index contributed by atoms with van der Waals surface area (Å²) >= 11 is 0. The predicted octanol–water partition coefficient (Wildman–Crippen LogP) is 2.70. The molecule has 0 spiro atoms. The third-order valence-corrected chi connectivity index (χ3v) is 4.32. The Labute approximate surface area is 145 Å². The van der Waals surface area contributed by atoms with Gasteiger partial charge in [0.1, 0.15) is 5.69 Å². The summed E-state index contributed by atoms with van der Waals surface area (Å²) in [5.74, 6) is 0.0385. The first-order valence-corrected chi connectivity index (χ1v) is 7.96. The fraction of sp³-hybridized carbons (Fsp3) is 0.263. The predicted molar refractivity (Wildman–Crippen MR) is 97.5 cm³/mol. The Morgan fingerprint density at radius 1 is 1.12 bits per heavy atom. The number of hydrogen-bond donors (Lipinski definition) is 2. The van der Waals surface area contributed by atoms with Crippen LogP contribution in [0.2, 0.25) is 0 Å². The Bertz CT molecular complexity index is 962. The van der Waals surface area contributed by atoms with Gasteiger partial charge in [-0.1, -0.05) is 36.4 Å². The van der Waals surface area contributed by atoms with Crippen LogP contribution in [0.5, 0.6) is 0 Å². The largest absolute Gasteiger partial charge is 0.369 e. The molecule has 3 N–H and O–H groups in total. The van der Waals surface area contributed by atoms with Gasteiger partial charge in [-0.3, -0.25) is 9.78 Å². The molecule has 0 aliphatic carbocycles. The van der Waals surface area contributed by atoms with Gasteiger partial charge < -0.3 is 15.2 Å². The number of hydrogen-bond acceptors (Lipinski definition) is 5. The van der Waals surface area contributed by atoms with Crippen LogP contribution >= 0.6 is 0 Å². The molecule has 0 aliphatic rings. The van der Waals surface area contributed by atoms with Crippen molar-refractivity contribution in [3.05, 3.63) is 69.1 Å². The van der Waals surface area contributed by atoms with Crippen molar-refractivity contribution in [2.24, 2.45) is 0 Å². The summed E-state index contributed by atoms with van der Waals surface area (Å²) in [6.45, 7) is 2.07. The molecule has 6 nitrogen and oxygen atoms in total. The van der Waals surface area contributed by atoms with Gasteiger partial charge in [-0.05, 0) is 28.8 Å². The number of aromatic nitrogens is 2. The number of anilines is 1. The van der Waals surface area contributed by atoms with Crippen LogP contribution < -0.4 is 11.3 Å². The van der Waals surface area contributed by atoms with Crippen molar-refractivity contribution in [1.82, 2.24) is 9.97 Å². The Kier molecular flexibility index (Phi) is 4.83. The SMILES string of the molecule is COC(OC)c1nc(N)[nH]c(=O)c1Cc1ccc(C)c2ccccc12. The van der Waals surface area contributed by atoms with Crippen molar-refractivity contribution in [1.29, 1.82) is 0 Å². The quantitative estimate of drug-likeness (QED) is 0.698. The minimum atomic E-state index is -0.753. The lowest BCUT2D eigenvalue weighted by atomic mass is 9.95. The molecule has 1 heterocycles. The first-order chi connectivity index (χ1) is 12.0. The third-order valence-electron chi connectivity index (χ3n) is 4.32. The van der Waals surface area contributed by atoms with E-state index < -0.39 is 6.29 Å². The molecule has 0 unspecified atom stereocenters. The second-order valence-corrected chi connectivity index (χ2v) is 5.88. The molecular formula is C19H21N3O3. The molecule has 25 heavy (non-hydrogen) atoms. The number of ether oxygens (including phenoxy) is 2. The van der Waals surface area contributed by atoms with Crippen LogP contribution in [0, 0.1) is 6.92 Å². The standard InChI is InChI=1S/C19H21N3O3/c1-11-8-9-12(14-7-5-4-6-13(11)14)10-15-16(18(24-2)25-3)21-19(20)22-17(15)23/h4-9,18H,10H2,1-3H3,(H3,20,21,22,23). The molecule has 0 bridgehead atoms. The molecule has 0 aliphatic heterocycles. The van der Waals surface area contributed by atoms with E-state index in [1.165, 1.54) is 19.8 Å². The van der Waals surface area contributed by atoms with Crippen LogP contribution in [0.3, 0.4) is 0 Å². The number of aryl methyl sites for hydroxylation is 1. The van der Waals surface area contributed by atoms with Crippen LogP contribution in [-0.2, 0) is 15.9 Å². The van der Waals surface area contributed by atoms with E-state index in [4.69, 9.17) is 15.2 Å². The van der Waals surface area contributed by atoms with Crippen molar-refractivity contribution in [3.8, 4) is 0 Å². The Hall–Kier alpha value is -2.70. The highest BCUT2D eigenvalue weighted by molar-refractivity contribution is 5.88. The monoisotopic (exact) mass is 339 g/mol. The lowest BCUT2D eigenvalue weighted by Gasteiger charge is -2.17. The lowest BCUT2D eigenvalue weighted by molar-refractivity contribution is -0.109. The normalized spacial score (nSPS) is 11.4. The number of benzene rings is 2. The van der Waals surface area contributed by atoms with Crippen molar-refractivity contribution in [2.75, 3.05) is 20.0 Å². The average molecular weight is 339 g/mol. The number of nitrogens with zero attached hydrogens (tertiary/aromatic N) is 1. The molecule has 0 amide bonds. The summed E-state index contributed by atoms with van der Waals surface area (Å²) in [6, 6.07) is 12.2. The van der Waals surface area contributed by atoms with Gasteiger partial charge in [0.2, 0.25) is 12.2 Å². The first kappa shape index (κ1) is 17.1. The minimum Gasteiger partial charge on any atom is -0.369 e. The number of nitrogens with two attached hydrogens (primary N) is 1. The number of nitrogen functional groups attached to an aromatic ring is 1. The van der Waals surface area contributed by atoms with E-state index in [0.29, 0.717) is 17.7 Å². The number of methoxy groups -OCH3 is 2. The van der Waals surface area contributed by atoms with E-state index >= 15 is 0 Å². The van der Waals surface area contributed by atoms with Gasteiger partial charge in [0.15, 0.2) is 0 Å². The Morgan fingerprint density at radius 2 is 1.80 bits per heavy atom. The van der Waals surface area contributed by atoms with Gasteiger partial charge in [-0.2, -0.15) is 0 Å². The summed E-state index contributed by atoms with van der Waals surface area (Å²) in [5, 5.41) is 2.27.